The SMILES string of the molecule is C=O.CC(C)(C)C.CC/C=C(\CCC(C=O)Nc1ccc(N2CC(N3CCN(C)CC3)C2)cc1)NC.CC1CC1. The van der Waals surface area contributed by atoms with Crippen molar-refractivity contribution >= 4 is 24.5 Å². The number of nitrogens with one attached hydrogen (secondary N) is 2. The quantitative estimate of drug-likeness (QED) is 0.359. The van der Waals surface area contributed by atoms with Crippen LogP contribution in [0.4, 0.5) is 11.4 Å². The molecule has 0 aromatic heterocycles. The van der Waals surface area contributed by atoms with Crippen LogP contribution >= 0.6 is 0 Å². The van der Waals surface area contributed by atoms with Gasteiger partial charge in [-0.1, -0.05) is 60.5 Å². The van der Waals surface area contributed by atoms with E-state index in [2.05, 4.69) is 104 Å². The van der Waals surface area contributed by atoms with Crippen molar-refractivity contribution in [3.63, 3.8) is 0 Å². The highest BCUT2D eigenvalue weighted by molar-refractivity contribution is 5.66. The Morgan fingerprint density at radius 2 is 1.57 bits per heavy atom. The maximum absolute atomic E-state index is 11.5. The summed E-state index contributed by atoms with van der Waals surface area (Å²) in [4.78, 5) is 27.0. The first-order chi connectivity index (χ1) is 19.0. The van der Waals surface area contributed by atoms with Crippen LogP contribution in [-0.2, 0) is 9.59 Å². The van der Waals surface area contributed by atoms with Crippen molar-refractivity contribution in [1.82, 2.24) is 15.1 Å². The Morgan fingerprint density at radius 3 is 2.00 bits per heavy atom. The number of rotatable bonds is 10. The number of hydrogen-bond donors (Lipinski definition) is 2. The van der Waals surface area contributed by atoms with Crippen molar-refractivity contribution in [2.24, 2.45) is 11.3 Å². The third kappa shape index (κ3) is 15.4. The maximum Gasteiger partial charge on any atom is 0.142 e. The standard InChI is InChI=1S/C23H37N5O.C5H12.C4H8.CH2O/c1-4-5-19(24-2)6-7-21(18-29)25-20-8-10-22(11-9-20)28-16-23(17-28)27-14-12-26(3)13-15-27;1-5(2,3)4;1-4-2-3-4;1-2/h5,8-11,18,21,23-25H,4,6-7,12-17H2,1-3H3;1-4H3;4H,2-3H2,1H3;1H2/b19-5+;;;. The average Bonchev–Trinajstić information content (AvgIpc) is 3.69. The number of carbonyl (C=O) groups excluding carboxylic acids is 2. The van der Waals surface area contributed by atoms with Crippen molar-refractivity contribution in [1.29, 1.82) is 0 Å². The van der Waals surface area contributed by atoms with E-state index in [1.807, 2.05) is 13.8 Å². The Balaban J connectivity index is 0.000000614. The number of anilines is 2. The largest absolute Gasteiger partial charge is 0.392 e. The smallest absolute Gasteiger partial charge is 0.142 e. The van der Waals surface area contributed by atoms with Crippen LogP contribution in [0.2, 0.25) is 0 Å². The highest BCUT2D eigenvalue weighted by Crippen LogP contribution is 2.27. The van der Waals surface area contributed by atoms with E-state index >= 15 is 0 Å². The summed E-state index contributed by atoms with van der Waals surface area (Å²) in [6.45, 7) is 22.1. The average molecular weight is 558 g/mol. The second-order valence-corrected chi connectivity index (χ2v) is 12.9. The molecule has 4 rings (SSSR count). The topological polar surface area (TPSA) is 67.9 Å². The summed E-state index contributed by atoms with van der Waals surface area (Å²) in [5, 5.41) is 6.58. The van der Waals surface area contributed by atoms with Gasteiger partial charge in [-0.05, 0) is 61.9 Å². The molecule has 0 radical (unpaired) electrons. The first kappa shape index (κ1) is 35.6. The fraction of sp³-hybridized carbons (Fsp3) is 0.697. The van der Waals surface area contributed by atoms with E-state index in [0.29, 0.717) is 11.5 Å². The number of carbonyl (C=O) groups is 2. The van der Waals surface area contributed by atoms with Crippen LogP contribution in [0.15, 0.2) is 36.0 Å². The molecule has 2 saturated heterocycles. The predicted octanol–water partition coefficient (Wildman–Crippen LogP) is 5.68. The molecule has 2 aliphatic heterocycles. The van der Waals surface area contributed by atoms with E-state index in [4.69, 9.17) is 4.79 Å². The van der Waals surface area contributed by atoms with Crippen molar-refractivity contribution in [2.75, 3.05) is 63.6 Å². The van der Waals surface area contributed by atoms with E-state index < -0.39 is 0 Å². The molecule has 3 fully saturated rings. The molecule has 7 nitrogen and oxygen atoms in total. The molecule has 228 valence electrons. The molecule has 1 aliphatic carbocycles. The zero-order chi connectivity index (χ0) is 30.1. The highest BCUT2D eigenvalue weighted by Gasteiger charge is 2.33. The summed E-state index contributed by atoms with van der Waals surface area (Å²) >= 11 is 0. The zero-order valence-electron chi connectivity index (χ0n) is 26.8. The molecule has 1 aromatic carbocycles. The summed E-state index contributed by atoms with van der Waals surface area (Å²) in [5.41, 5.74) is 3.98. The van der Waals surface area contributed by atoms with Gasteiger partial charge in [0.2, 0.25) is 0 Å². The normalized spacial score (nSPS) is 18.9. The third-order valence-electron chi connectivity index (χ3n) is 7.03. The number of aldehydes is 1. The van der Waals surface area contributed by atoms with Gasteiger partial charge in [-0.3, -0.25) is 4.90 Å². The van der Waals surface area contributed by atoms with Gasteiger partial charge in [-0.25, -0.2) is 0 Å². The van der Waals surface area contributed by atoms with Gasteiger partial charge in [0.1, 0.15) is 13.1 Å². The lowest BCUT2D eigenvalue weighted by Gasteiger charge is -2.48. The fourth-order valence-corrected chi connectivity index (χ4v) is 4.29. The molecule has 3 aliphatic rings. The number of piperazine rings is 1. The Hall–Kier alpha value is -2.38. The molecule has 1 aromatic rings. The Bertz CT molecular complexity index is 827. The Kier molecular flexibility index (Phi) is 16.8. The number of nitrogens with zero attached hydrogens (tertiary/aromatic N) is 3. The summed E-state index contributed by atoms with van der Waals surface area (Å²) < 4.78 is 0. The van der Waals surface area contributed by atoms with Gasteiger partial charge in [0.25, 0.3) is 0 Å². The van der Waals surface area contributed by atoms with Crippen LogP contribution in [0, 0.1) is 11.3 Å². The van der Waals surface area contributed by atoms with Gasteiger partial charge >= 0.3 is 0 Å². The summed E-state index contributed by atoms with van der Waals surface area (Å²) in [7, 11) is 4.14. The lowest BCUT2D eigenvalue weighted by Crippen LogP contribution is -2.63. The molecule has 7 heteroatoms. The molecule has 1 saturated carbocycles. The van der Waals surface area contributed by atoms with Gasteiger partial charge in [-0.2, -0.15) is 0 Å². The lowest BCUT2D eigenvalue weighted by atomic mass is 10.0. The minimum atomic E-state index is -0.167. The monoisotopic (exact) mass is 557 g/mol. The maximum atomic E-state index is 11.5. The van der Waals surface area contributed by atoms with Gasteiger partial charge in [0.05, 0.1) is 6.04 Å². The second kappa shape index (κ2) is 18.9. The Morgan fingerprint density at radius 1 is 1.05 bits per heavy atom. The molecule has 2 heterocycles. The van der Waals surface area contributed by atoms with Gasteiger partial charge in [-0.15, -0.1) is 0 Å². The predicted molar refractivity (Wildman–Crippen MR) is 172 cm³/mol. The number of hydrogen-bond acceptors (Lipinski definition) is 7. The van der Waals surface area contributed by atoms with E-state index in [-0.39, 0.29) is 6.04 Å². The number of allylic oxidation sites excluding steroid dienone is 2. The molecule has 0 amide bonds. The molecule has 0 bridgehead atoms. The Labute approximate surface area is 245 Å². The van der Waals surface area contributed by atoms with Gasteiger partial charge < -0.3 is 30.0 Å². The van der Waals surface area contributed by atoms with Crippen LogP contribution < -0.4 is 15.5 Å². The summed E-state index contributed by atoms with van der Waals surface area (Å²) in [6.07, 6.45) is 8.84. The summed E-state index contributed by atoms with van der Waals surface area (Å²) in [5.74, 6) is 1.08. The van der Waals surface area contributed by atoms with Crippen molar-refractivity contribution in [2.45, 2.75) is 85.7 Å². The van der Waals surface area contributed by atoms with Gasteiger partial charge in [0.15, 0.2) is 0 Å². The molecule has 0 spiro atoms. The molecule has 40 heavy (non-hydrogen) atoms. The van der Waals surface area contributed by atoms with Crippen LogP contribution in [0.1, 0.15) is 73.6 Å². The van der Waals surface area contributed by atoms with Gasteiger partial charge in [0, 0.05) is 69.4 Å². The van der Waals surface area contributed by atoms with Crippen molar-refractivity contribution in [3.05, 3.63) is 36.0 Å². The third-order valence-corrected chi connectivity index (χ3v) is 7.03. The van der Waals surface area contributed by atoms with Crippen LogP contribution in [0.3, 0.4) is 0 Å². The fourth-order valence-electron chi connectivity index (χ4n) is 4.29. The van der Waals surface area contributed by atoms with Crippen molar-refractivity contribution < 1.29 is 9.59 Å². The molecule has 2 N–H and O–H groups in total. The van der Waals surface area contributed by atoms with Crippen LogP contribution in [0.5, 0.6) is 0 Å². The first-order valence-corrected chi connectivity index (χ1v) is 15.2. The van der Waals surface area contributed by atoms with E-state index in [1.165, 1.54) is 50.4 Å². The molecular weight excluding hydrogens is 498 g/mol. The molecular formula is C33H59N5O2. The summed E-state index contributed by atoms with van der Waals surface area (Å²) in [6, 6.07) is 9.05. The number of likely N-dealkylation sites (N-methyl/N-ethyl adjacent to an activating group) is 1. The minimum Gasteiger partial charge on any atom is -0.392 e. The molecule has 1 unspecified atom stereocenters. The van der Waals surface area contributed by atoms with Crippen LogP contribution in [0.25, 0.3) is 0 Å². The highest BCUT2D eigenvalue weighted by atomic mass is 16.1. The first-order valence-electron chi connectivity index (χ1n) is 15.2. The van der Waals surface area contributed by atoms with E-state index in [0.717, 1.165) is 50.2 Å². The van der Waals surface area contributed by atoms with E-state index in [1.54, 1.807) is 0 Å². The molecule has 1 atom stereocenters. The zero-order valence-corrected chi connectivity index (χ0v) is 26.8. The second-order valence-electron chi connectivity index (χ2n) is 12.9. The lowest BCUT2D eigenvalue weighted by molar-refractivity contribution is -0.108. The van der Waals surface area contributed by atoms with E-state index in [9.17, 15) is 4.79 Å². The van der Waals surface area contributed by atoms with Crippen LogP contribution in [-0.4, -0.2) is 88.3 Å². The van der Waals surface area contributed by atoms with Crippen molar-refractivity contribution in [3.8, 4) is 0 Å². The number of benzene rings is 1. The minimum absolute atomic E-state index is 0.167.